The fourth-order valence-electron chi connectivity index (χ4n) is 3.61. The standard InChI is InChI=1S/C20H26F3N5O/c1-13(2)27-8-4-5-15(12-27)9-25-19(29)17-11-26-28(14(17)3)18-7-6-16(10-24-18)20(21,22)23/h6-7,10-11,13,15H,4-5,8-9,12H2,1-3H3,(H,25,29). The minimum absolute atomic E-state index is 0.231. The summed E-state index contributed by atoms with van der Waals surface area (Å²) in [5.74, 6) is 0.402. The molecule has 0 saturated carbocycles. The smallest absolute Gasteiger partial charge is 0.352 e. The van der Waals surface area contributed by atoms with E-state index in [0.29, 0.717) is 29.8 Å². The molecule has 1 amide bonds. The molecular formula is C20H26F3N5O. The molecule has 1 atom stereocenters. The molecule has 0 radical (unpaired) electrons. The third-order valence-corrected chi connectivity index (χ3v) is 5.38. The van der Waals surface area contributed by atoms with Crippen molar-refractivity contribution in [1.82, 2.24) is 25.0 Å². The Morgan fingerprint density at radius 3 is 2.69 bits per heavy atom. The van der Waals surface area contributed by atoms with E-state index in [4.69, 9.17) is 0 Å². The average molecular weight is 409 g/mol. The van der Waals surface area contributed by atoms with Crippen LogP contribution < -0.4 is 5.32 Å². The summed E-state index contributed by atoms with van der Waals surface area (Å²) in [7, 11) is 0. The van der Waals surface area contributed by atoms with E-state index < -0.39 is 11.7 Å². The topological polar surface area (TPSA) is 63.1 Å². The lowest BCUT2D eigenvalue weighted by Crippen LogP contribution is -2.43. The lowest BCUT2D eigenvalue weighted by molar-refractivity contribution is -0.137. The van der Waals surface area contributed by atoms with Gasteiger partial charge >= 0.3 is 6.18 Å². The van der Waals surface area contributed by atoms with Gasteiger partial charge in [-0.2, -0.15) is 18.3 Å². The van der Waals surface area contributed by atoms with Crippen LogP contribution >= 0.6 is 0 Å². The van der Waals surface area contributed by atoms with Gasteiger partial charge in [-0.05, 0) is 58.2 Å². The van der Waals surface area contributed by atoms with Crippen molar-refractivity contribution in [1.29, 1.82) is 0 Å². The highest BCUT2D eigenvalue weighted by atomic mass is 19.4. The quantitative estimate of drug-likeness (QED) is 0.822. The molecule has 0 aromatic carbocycles. The van der Waals surface area contributed by atoms with Crippen LogP contribution in [0.15, 0.2) is 24.5 Å². The van der Waals surface area contributed by atoms with Crippen LogP contribution in [0.2, 0.25) is 0 Å². The molecule has 0 aliphatic carbocycles. The molecule has 6 nitrogen and oxygen atoms in total. The van der Waals surface area contributed by atoms with Gasteiger partial charge in [0.25, 0.3) is 5.91 Å². The van der Waals surface area contributed by atoms with Gasteiger partial charge in [0.15, 0.2) is 5.82 Å². The third-order valence-electron chi connectivity index (χ3n) is 5.38. The Balaban J connectivity index is 1.65. The summed E-state index contributed by atoms with van der Waals surface area (Å²) >= 11 is 0. The normalized spacial score (nSPS) is 18.2. The van der Waals surface area contributed by atoms with Crippen molar-refractivity contribution < 1.29 is 18.0 Å². The maximum atomic E-state index is 12.7. The van der Waals surface area contributed by atoms with Gasteiger partial charge in [-0.25, -0.2) is 9.67 Å². The number of hydrogen-bond donors (Lipinski definition) is 1. The van der Waals surface area contributed by atoms with Crippen molar-refractivity contribution in [2.75, 3.05) is 19.6 Å². The Bertz CT molecular complexity index is 845. The van der Waals surface area contributed by atoms with Crippen molar-refractivity contribution in [2.45, 2.75) is 45.8 Å². The molecule has 1 aliphatic heterocycles. The number of halogens is 3. The highest BCUT2D eigenvalue weighted by Crippen LogP contribution is 2.28. The van der Waals surface area contributed by atoms with Crippen LogP contribution in [0.25, 0.3) is 5.82 Å². The second-order valence-electron chi connectivity index (χ2n) is 7.77. The number of hydrogen-bond acceptors (Lipinski definition) is 4. The van der Waals surface area contributed by atoms with Gasteiger partial charge in [0.05, 0.1) is 23.0 Å². The molecular weight excluding hydrogens is 383 g/mol. The second kappa shape index (κ2) is 8.52. The summed E-state index contributed by atoms with van der Waals surface area (Å²) < 4.78 is 39.5. The summed E-state index contributed by atoms with van der Waals surface area (Å²) in [4.78, 5) is 18.9. The van der Waals surface area contributed by atoms with Crippen LogP contribution in [0.3, 0.4) is 0 Å². The third kappa shape index (κ3) is 4.95. The van der Waals surface area contributed by atoms with E-state index in [-0.39, 0.29) is 11.7 Å². The first-order valence-electron chi connectivity index (χ1n) is 9.77. The van der Waals surface area contributed by atoms with Gasteiger partial charge in [-0.15, -0.1) is 0 Å². The zero-order valence-corrected chi connectivity index (χ0v) is 16.8. The zero-order chi connectivity index (χ0) is 21.2. The molecule has 0 spiro atoms. The highest BCUT2D eigenvalue weighted by molar-refractivity contribution is 5.95. The van der Waals surface area contributed by atoms with Crippen molar-refractivity contribution in [3.8, 4) is 5.82 Å². The number of rotatable bonds is 5. The molecule has 2 aromatic heterocycles. The Morgan fingerprint density at radius 2 is 2.07 bits per heavy atom. The molecule has 9 heteroatoms. The highest BCUT2D eigenvalue weighted by Gasteiger charge is 2.31. The van der Waals surface area contributed by atoms with E-state index in [2.05, 4.69) is 34.1 Å². The van der Waals surface area contributed by atoms with Crippen molar-refractivity contribution >= 4 is 5.91 Å². The molecule has 1 N–H and O–H groups in total. The van der Waals surface area contributed by atoms with Crippen LogP contribution in [-0.4, -0.2) is 51.2 Å². The Labute approximate surface area is 168 Å². The van der Waals surface area contributed by atoms with Gasteiger partial charge in [0, 0.05) is 25.3 Å². The van der Waals surface area contributed by atoms with Crippen molar-refractivity contribution in [3.05, 3.63) is 41.3 Å². The largest absolute Gasteiger partial charge is 0.417 e. The summed E-state index contributed by atoms with van der Waals surface area (Å²) in [6.07, 6.45) is -0.0580. The van der Waals surface area contributed by atoms with Crippen molar-refractivity contribution in [3.63, 3.8) is 0 Å². The Hall–Kier alpha value is -2.42. The van der Waals surface area contributed by atoms with Crippen LogP contribution in [0.4, 0.5) is 13.2 Å². The SMILES string of the molecule is Cc1c(C(=O)NCC2CCCN(C(C)C)C2)cnn1-c1ccc(C(F)(F)F)cn1. The van der Waals surface area contributed by atoms with Crippen molar-refractivity contribution in [2.24, 2.45) is 5.92 Å². The summed E-state index contributed by atoms with van der Waals surface area (Å²) in [6.45, 7) is 8.69. The number of pyridine rings is 1. The molecule has 1 aliphatic rings. The maximum absolute atomic E-state index is 12.7. The van der Waals surface area contributed by atoms with Crippen LogP contribution in [0.1, 0.15) is 48.3 Å². The summed E-state index contributed by atoms with van der Waals surface area (Å²) in [6, 6.07) is 2.69. The fraction of sp³-hybridized carbons (Fsp3) is 0.550. The van der Waals surface area contributed by atoms with E-state index in [0.717, 1.165) is 38.2 Å². The average Bonchev–Trinajstić information content (AvgIpc) is 3.07. The predicted molar refractivity (Wildman–Crippen MR) is 103 cm³/mol. The number of piperidine rings is 1. The lowest BCUT2D eigenvalue weighted by Gasteiger charge is -2.35. The number of likely N-dealkylation sites (tertiary alicyclic amines) is 1. The van der Waals surface area contributed by atoms with Crippen LogP contribution in [0.5, 0.6) is 0 Å². The van der Waals surface area contributed by atoms with E-state index in [1.807, 2.05) is 0 Å². The fourth-order valence-corrected chi connectivity index (χ4v) is 3.61. The number of carbonyl (C=O) groups is 1. The minimum Gasteiger partial charge on any atom is -0.352 e. The van der Waals surface area contributed by atoms with Gasteiger partial charge in [0.1, 0.15) is 0 Å². The molecule has 0 bridgehead atoms. The van der Waals surface area contributed by atoms with Gasteiger partial charge in [-0.1, -0.05) is 0 Å². The summed E-state index contributed by atoms with van der Waals surface area (Å²) in [5, 5.41) is 7.11. The molecule has 2 aromatic rings. The minimum atomic E-state index is -4.44. The summed E-state index contributed by atoms with van der Waals surface area (Å²) in [5.41, 5.74) is 0.0948. The molecule has 1 saturated heterocycles. The molecule has 1 fully saturated rings. The van der Waals surface area contributed by atoms with Gasteiger partial charge < -0.3 is 10.2 Å². The Morgan fingerprint density at radius 1 is 1.31 bits per heavy atom. The number of aromatic nitrogens is 3. The molecule has 1 unspecified atom stereocenters. The van der Waals surface area contributed by atoms with E-state index in [1.54, 1.807) is 6.92 Å². The molecule has 158 valence electrons. The Kier molecular flexibility index (Phi) is 6.26. The molecule has 3 rings (SSSR count). The number of amides is 1. The van der Waals surface area contributed by atoms with E-state index in [9.17, 15) is 18.0 Å². The number of nitrogens with zero attached hydrogens (tertiary/aromatic N) is 4. The van der Waals surface area contributed by atoms with E-state index in [1.165, 1.54) is 16.9 Å². The molecule has 29 heavy (non-hydrogen) atoms. The molecule has 3 heterocycles. The first-order chi connectivity index (χ1) is 13.7. The van der Waals surface area contributed by atoms with Gasteiger partial charge in [-0.3, -0.25) is 4.79 Å². The lowest BCUT2D eigenvalue weighted by atomic mass is 9.97. The predicted octanol–water partition coefficient (Wildman–Crippen LogP) is 3.44. The van der Waals surface area contributed by atoms with E-state index >= 15 is 0 Å². The van der Waals surface area contributed by atoms with Crippen LogP contribution in [0, 0.1) is 12.8 Å². The number of carbonyl (C=O) groups excluding carboxylic acids is 1. The maximum Gasteiger partial charge on any atom is 0.417 e. The monoisotopic (exact) mass is 409 g/mol. The van der Waals surface area contributed by atoms with Gasteiger partial charge in [0.2, 0.25) is 0 Å². The van der Waals surface area contributed by atoms with Crippen LogP contribution in [-0.2, 0) is 6.18 Å². The number of alkyl halides is 3. The second-order valence-corrected chi connectivity index (χ2v) is 7.77. The first-order valence-corrected chi connectivity index (χ1v) is 9.77. The number of nitrogens with one attached hydrogen (secondary N) is 1. The zero-order valence-electron chi connectivity index (χ0n) is 16.8. The first kappa shape index (κ1) is 21.3.